The van der Waals surface area contributed by atoms with Crippen LogP contribution in [-0.2, 0) is 0 Å². The smallest absolute Gasteiger partial charge is 0.0153 e. The molecule has 0 atom stereocenters. The molecular weight excluding hydrogens is 134 g/mol. The zero-order chi connectivity index (χ0) is 8.32. The molecule has 0 amide bonds. The molecule has 1 heterocycles. The molecular formula is C10H21N. The lowest BCUT2D eigenvalue weighted by Crippen LogP contribution is -2.41. The standard InChI is InChI=1S/C10H21N/c1-4-7-10(2,3)11-8-5-6-9-11/h4-9H2,1-3H3. The van der Waals surface area contributed by atoms with Crippen LogP contribution in [0.5, 0.6) is 0 Å². The third kappa shape index (κ3) is 2.19. The molecule has 0 unspecified atom stereocenters. The van der Waals surface area contributed by atoms with Crippen LogP contribution in [0, 0.1) is 0 Å². The van der Waals surface area contributed by atoms with E-state index in [-0.39, 0.29) is 0 Å². The van der Waals surface area contributed by atoms with E-state index < -0.39 is 0 Å². The summed E-state index contributed by atoms with van der Waals surface area (Å²) in [6.07, 6.45) is 5.47. The van der Waals surface area contributed by atoms with Crippen LogP contribution in [0.3, 0.4) is 0 Å². The third-order valence-corrected chi connectivity index (χ3v) is 2.82. The van der Waals surface area contributed by atoms with E-state index >= 15 is 0 Å². The molecule has 0 aliphatic carbocycles. The number of likely N-dealkylation sites (tertiary alicyclic amines) is 1. The second-order valence-corrected chi connectivity index (χ2v) is 4.26. The van der Waals surface area contributed by atoms with Crippen LogP contribution in [0.15, 0.2) is 0 Å². The maximum Gasteiger partial charge on any atom is 0.0153 e. The predicted molar refractivity (Wildman–Crippen MR) is 49.8 cm³/mol. The molecule has 1 saturated heterocycles. The highest BCUT2D eigenvalue weighted by atomic mass is 15.2. The molecule has 1 aliphatic rings. The Bertz CT molecular complexity index is 112. The number of nitrogens with zero attached hydrogens (tertiary/aromatic N) is 1. The minimum absolute atomic E-state index is 0.464. The lowest BCUT2D eigenvalue weighted by atomic mass is 9.97. The van der Waals surface area contributed by atoms with Crippen LogP contribution in [0.4, 0.5) is 0 Å². The van der Waals surface area contributed by atoms with E-state index in [0.29, 0.717) is 5.54 Å². The largest absolute Gasteiger partial charge is 0.298 e. The van der Waals surface area contributed by atoms with E-state index in [1.54, 1.807) is 0 Å². The fourth-order valence-corrected chi connectivity index (χ4v) is 2.09. The van der Waals surface area contributed by atoms with Gasteiger partial charge in [-0.2, -0.15) is 0 Å². The van der Waals surface area contributed by atoms with E-state index in [1.807, 2.05) is 0 Å². The normalized spacial score (nSPS) is 21.0. The Labute approximate surface area is 70.8 Å². The van der Waals surface area contributed by atoms with E-state index in [9.17, 15) is 0 Å². The van der Waals surface area contributed by atoms with Gasteiger partial charge in [0.15, 0.2) is 0 Å². The van der Waals surface area contributed by atoms with Crippen molar-refractivity contribution in [2.24, 2.45) is 0 Å². The van der Waals surface area contributed by atoms with E-state index in [2.05, 4.69) is 25.7 Å². The summed E-state index contributed by atoms with van der Waals surface area (Å²) in [7, 11) is 0. The van der Waals surface area contributed by atoms with Crippen molar-refractivity contribution in [2.45, 2.75) is 52.0 Å². The van der Waals surface area contributed by atoms with Gasteiger partial charge in [-0.3, -0.25) is 4.90 Å². The van der Waals surface area contributed by atoms with Gasteiger partial charge in [-0.05, 0) is 46.2 Å². The molecule has 0 saturated carbocycles. The van der Waals surface area contributed by atoms with Crippen molar-refractivity contribution in [3.63, 3.8) is 0 Å². The summed E-state index contributed by atoms with van der Waals surface area (Å²) in [6.45, 7) is 9.68. The highest BCUT2D eigenvalue weighted by Crippen LogP contribution is 2.24. The average molecular weight is 155 g/mol. The third-order valence-electron chi connectivity index (χ3n) is 2.82. The highest BCUT2D eigenvalue weighted by Gasteiger charge is 2.27. The molecule has 0 N–H and O–H groups in total. The van der Waals surface area contributed by atoms with Crippen LogP contribution >= 0.6 is 0 Å². The summed E-state index contributed by atoms with van der Waals surface area (Å²) in [6, 6.07) is 0. The summed E-state index contributed by atoms with van der Waals surface area (Å²) in [4.78, 5) is 2.64. The zero-order valence-corrected chi connectivity index (χ0v) is 8.19. The van der Waals surface area contributed by atoms with Crippen molar-refractivity contribution in [1.29, 1.82) is 0 Å². The Morgan fingerprint density at radius 3 is 2.18 bits per heavy atom. The van der Waals surface area contributed by atoms with Crippen LogP contribution in [0.1, 0.15) is 46.5 Å². The summed E-state index contributed by atoms with van der Waals surface area (Å²) < 4.78 is 0. The molecule has 0 spiro atoms. The molecule has 11 heavy (non-hydrogen) atoms. The Balaban J connectivity index is 2.41. The molecule has 1 aliphatic heterocycles. The number of hydrogen-bond donors (Lipinski definition) is 0. The SMILES string of the molecule is CCCC(C)(C)N1CCCC1. The molecule has 1 heteroatoms. The number of hydrogen-bond acceptors (Lipinski definition) is 1. The maximum absolute atomic E-state index is 2.64. The molecule has 1 rings (SSSR count). The second kappa shape index (κ2) is 3.57. The second-order valence-electron chi connectivity index (χ2n) is 4.26. The van der Waals surface area contributed by atoms with Crippen molar-refractivity contribution in [3.05, 3.63) is 0 Å². The van der Waals surface area contributed by atoms with Crippen LogP contribution in [0.25, 0.3) is 0 Å². The van der Waals surface area contributed by atoms with Crippen molar-refractivity contribution in [3.8, 4) is 0 Å². The van der Waals surface area contributed by atoms with Crippen LogP contribution in [-0.4, -0.2) is 23.5 Å². The number of rotatable bonds is 3. The minimum atomic E-state index is 0.464. The molecule has 66 valence electrons. The van der Waals surface area contributed by atoms with Crippen LogP contribution < -0.4 is 0 Å². The van der Waals surface area contributed by atoms with Gasteiger partial charge >= 0.3 is 0 Å². The zero-order valence-electron chi connectivity index (χ0n) is 8.19. The first kappa shape index (κ1) is 9.05. The average Bonchev–Trinajstić information content (AvgIpc) is 2.37. The van der Waals surface area contributed by atoms with Crippen molar-refractivity contribution in [1.82, 2.24) is 4.90 Å². The van der Waals surface area contributed by atoms with Gasteiger partial charge in [-0.15, -0.1) is 0 Å². The monoisotopic (exact) mass is 155 g/mol. The van der Waals surface area contributed by atoms with Gasteiger partial charge in [0.25, 0.3) is 0 Å². The Morgan fingerprint density at radius 2 is 1.73 bits per heavy atom. The molecule has 0 radical (unpaired) electrons. The van der Waals surface area contributed by atoms with E-state index in [0.717, 1.165) is 0 Å². The maximum atomic E-state index is 2.64. The minimum Gasteiger partial charge on any atom is -0.298 e. The Hall–Kier alpha value is -0.0400. The first-order valence-corrected chi connectivity index (χ1v) is 4.92. The quantitative estimate of drug-likeness (QED) is 0.605. The van der Waals surface area contributed by atoms with Crippen molar-refractivity contribution >= 4 is 0 Å². The fraction of sp³-hybridized carbons (Fsp3) is 1.00. The Kier molecular flexibility index (Phi) is 2.94. The van der Waals surface area contributed by atoms with Gasteiger partial charge in [0.05, 0.1) is 0 Å². The summed E-state index contributed by atoms with van der Waals surface area (Å²) in [5, 5.41) is 0. The molecule has 1 nitrogen and oxygen atoms in total. The van der Waals surface area contributed by atoms with Crippen molar-refractivity contribution in [2.75, 3.05) is 13.1 Å². The van der Waals surface area contributed by atoms with E-state index in [4.69, 9.17) is 0 Å². The lowest BCUT2D eigenvalue weighted by molar-refractivity contribution is 0.143. The van der Waals surface area contributed by atoms with Gasteiger partial charge in [0, 0.05) is 5.54 Å². The first-order valence-electron chi connectivity index (χ1n) is 4.92. The summed E-state index contributed by atoms with van der Waals surface area (Å²) in [5.74, 6) is 0. The van der Waals surface area contributed by atoms with Gasteiger partial charge < -0.3 is 0 Å². The summed E-state index contributed by atoms with van der Waals surface area (Å²) in [5.41, 5.74) is 0.464. The summed E-state index contributed by atoms with van der Waals surface area (Å²) >= 11 is 0. The highest BCUT2D eigenvalue weighted by molar-refractivity contribution is 4.83. The van der Waals surface area contributed by atoms with E-state index in [1.165, 1.54) is 38.8 Å². The van der Waals surface area contributed by atoms with Gasteiger partial charge in [0.2, 0.25) is 0 Å². The van der Waals surface area contributed by atoms with Gasteiger partial charge in [-0.1, -0.05) is 13.3 Å². The van der Waals surface area contributed by atoms with Crippen LogP contribution in [0.2, 0.25) is 0 Å². The van der Waals surface area contributed by atoms with Gasteiger partial charge in [-0.25, -0.2) is 0 Å². The van der Waals surface area contributed by atoms with Crippen molar-refractivity contribution < 1.29 is 0 Å². The molecule has 0 aromatic carbocycles. The lowest BCUT2D eigenvalue weighted by Gasteiger charge is -2.35. The molecule has 0 aromatic rings. The molecule has 0 bridgehead atoms. The Morgan fingerprint density at radius 1 is 1.18 bits per heavy atom. The topological polar surface area (TPSA) is 3.24 Å². The predicted octanol–water partition coefficient (Wildman–Crippen LogP) is 2.66. The fourth-order valence-electron chi connectivity index (χ4n) is 2.09. The van der Waals surface area contributed by atoms with Gasteiger partial charge in [0.1, 0.15) is 0 Å². The first-order chi connectivity index (χ1) is 5.17. The molecule has 0 aromatic heterocycles. The molecule has 1 fully saturated rings.